The van der Waals surface area contributed by atoms with Crippen molar-refractivity contribution in [1.82, 2.24) is 4.57 Å². The first-order valence-electron chi connectivity index (χ1n) is 7.67. The zero-order chi connectivity index (χ0) is 14.2. The van der Waals surface area contributed by atoms with Gasteiger partial charge in [-0.25, -0.2) is 0 Å². The average Bonchev–Trinajstić information content (AvgIpc) is 2.27. The van der Waals surface area contributed by atoms with Crippen LogP contribution < -0.4 is 0 Å². The van der Waals surface area contributed by atoms with Crippen molar-refractivity contribution in [3.63, 3.8) is 0 Å². The van der Waals surface area contributed by atoms with Gasteiger partial charge in [0.2, 0.25) is 0 Å². The number of rotatable bonds is 10. The molecular formula is C15H35NSi2. The van der Waals surface area contributed by atoms with Crippen LogP contribution in [-0.4, -0.2) is 34.0 Å². The summed E-state index contributed by atoms with van der Waals surface area (Å²) in [4.78, 5) is 0. The molecule has 0 aromatic heterocycles. The van der Waals surface area contributed by atoms with Crippen molar-refractivity contribution >= 4 is 16.3 Å². The standard InChI is InChI=1S/C15H35NSi2/c1-8-11-13-16(14-12-9-2)18(6,7)15-17(4,5)10-3/h10H,3,8-9,11-15H2,1-2,4-7H3. The van der Waals surface area contributed by atoms with Gasteiger partial charge >= 0.3 is 0 Å². The Balaban J connectivity index is 4.65. The van der Waals surface area contributed by atoms with E-state index in [9.17, 15) is 0 Å². The van der Waals surface area contributed by atoms with Gasteiger partial charge in [-0.05, 0) is 31.6 Å². The van der Waals surface area contributed by atoms with Gasteiger partial charge in [0.15, 0.2) is 0 Å². The Morgan fingerprint density at radius 3 is 1.72 bits per heavy atom. The summed E-state index contributed by atoms with van der Waals surface area (Å²) in [5, 5.41) is 0. The lowest BCUT2D eigenvalue weighted by Gasteiger charge is -2.40. The molecule has 1 nitrogen and oxygen atoms in total. The molecule has 0 aliphatic carbocycles. The topological polar surface area (TPSA) is 3.24 Å². The summed E-state index contributed by atoms with van der Waals surface area (Å²) >= 11 is 0. The van der Waals surface area contributed by atoms with E-state index in [0.29, 0.717) is 0 Å². The molecule has 0 radical (unpaired) electrons. The third-order valence-electron chi connectivity index (χ3n) is 3.86. The molecule has 0 fully saturated rings. The Kier molecular flexibility index (Phi) is 8.40. The first-order chi connectivity index (χ1) is 8.29. The molecule has 0 N–H and O–H groups in total. The van der Waals surface area contributed by atoms with Crippen LogP contribution in [0.25, 0.3) is 0 Å². The fourth-order valence-corrected chi connectivity index (χ4v) is 14.6. The highest BCUT2D eigenvalue weighted by Gasteiger charge is 2.34. The maximum absolute atomic E-state index is 4.07. The van der Waals surface area contributed by atoms with E-state index >= 15 is 0 Å². The molecule has 0 atom stereocenters. The van der Waals surface area contributed by atoms with Crippen molar-refractivity contribution in [3.05, 3.63) is 12.3 Å². The second-order valence-electron chi connectivity index (χ2n) is 6.88. The molecule has 0 aromatic rings. The predicted octanol–water partition coefficient (Wildman–Crippen LogP) is 5.07. The van der Waals surface area contributed by atoms with Crippen LogP contribution in [0.5, 0.6) is 0 Å². The van der Waals surface area contributed by atoms with Crippen LogP contribution in [0.4, 0.5) is 0 Å². The fraction of sp³-hybridized carbons (Fsp3) is 0.867. The maximum Gasteiger partial charge on any atom is 0.119 e. The fourth-order valence-electron chi connectivity index (χ4n) is 2.71. The predicted molar refractivity (Wildman–Crippen MR) is 91.4 cm³/mol. The Hall–Kier alpha value is 0.134. The van der Waals surface area contributed by atoms with Crippen LogP contribution in [0.3, 0.4) is 0 Å². The maximum atomic E-state index is 4.07. The summed E-state index contributed by atoms with van der Waals surface area (Å²) in [7, 11) is -2.41. The monoisotopic (exact) mass is 285 g/mol. The first kappa shape index (κ1) is 18.1. The van der Waals surface area contributed by atoms with E-state index in [-0.39, 0.29) is 0 Å². The molecule has 0 unspecified atom stereocenters. The number of hydrogen-bond donors (Lipinski definition) is 0. The van der Waals surface area contributed by atoms with Gasteiger partial charge in [-0.15, -0.1) is 12.3 Å². The Morgan fingerprint density at radius 1 is 0.944 bits per heavy atom. The zero-order valence-electron chi connectivity index (χ0n) is 13.7. The molecule has 0 aliphatic heterocycles. The van der Waals surface area contributed by atoms with E-state index < -0.39 is 16.3 Å². The van der Waals surface area contributed by atoms with Crippen molar-refractivity contribution in [3.8, 4) is 0 Å². The van der Waals surface area contributed by atoms with Gasteiger partial charge in [0.25, 0.3) is 0 Å². The lowest BCUT2D eigenvalue weighted by atomic mass is 10.3. The molecule has 0 aliphatic rings. The van der Waals surface area contributed by atoms with Gasteiger partial charge < -0.3 is 4.57 Å². The molecule has 0 rings (SSSR count). The number of nitrogens with zero attached hydrogens (tertiary/aromatic N) is 1. The lowest BCUT2D eigenvalue weighted by Crippen LogP contribution is -2.53. The SMILES string of the molecule is C=C[Si](C)(C)C[Si](C)(C)N(CCCC)CCCC. The van der Waals surface area contributed by atoms with Crippen LogP contribution in [-0.2, 0) is 0 Å². The first-order valence-corrected chi connectivity index (χ1v) is 14.1. The van der Waals surface area contributed by atoms with Crippen molar-refractivity contribution in [2.24, 2.45) is 0 Å². The van der Waals surface area contributed by atoms with Crippen molar-refractivity contribution in [2.45, 2.75) is 71.4 Å². The third-order valence-corrected chi connectivity index (χ3v) is 14.2. The molecule has 0 bridgehead atoms. The molecule has 18 heavy (non-hydrogen) atoms. The van der Waals surface area contributed by atoms with Crippen LogP contribution in [0.15, 0.2) is 12.3 Å². The van der Waals surface area contributed by atoms with Crippen molar-refractivity contribution in [2.75, 3.05) is 13.1 Å². The Morgan fingerprint density at radius 2 is 1.39 bits per heavy atom. The summed E-state index contributed by atoms with van der Waals surface area (Å²) in [6, 6.07) is 0. The lowest BCUT2D eigenvalue weighted by molar-refractivity contribution is 0.401. The van der Waals surface area contributed by atoms with Gasteiger partial charge in [0.1, 0.15) is 8.24 Å². The van der Waals surface area contributed by atoms with Crippen LogP contribution >= 0.6 is 0 Å². The largest absolute Gasteiger partial charge is 0.324 e. The van der Waals surface area contributed by atoms with Gasteiger partial charge in [-0.2, -0.15) is 0 Å². The van der Waals surface area contributed by atoms with E-state index in [0.717, 1.165) is 0 Å². The van der Waals surface area contributed by atoms with E-state index in [1.165, 1.54) is 44.4 Å². The Bertz CT molecular complexity index is 229. The van der Waals surface area contributed by atoms with E-state index in [2.05, 4.69) is 56.9 Å². The molecule has 3 heteroatoms. The number of hydrogen-bond acceptors (Lipinski definition) is 1. The third kappa shape index (κ3) is 6.90. The van der Waals surface area contributed by atoms with Gasteiger partial charge in [0.05, 0.1) is 8.07 Å². The highest BCUT2D eigenvalue weighted by Crippen LogP contribution is 2.24. The molecule has 108 valence electrons. The van der Waals surface area contributed by atoms with Crippen molar-refractivity contribution < 1.29 is 0 Å². The minimum Gasteiger partial charge on any atom is -0.324 e. The van der Waals surface area contributed by atoms with Crippen molar-refractivity contribution in [1.29, 1.82) is 0 Å². The Labute approximate surface area is 118 Å². The van der Waals surface area contributed by atoms with Gasteiger partial charge in [-0.1, -0.05) is 52.9 Å². The molecule has 0 spiro atoms. The molecule has 0 heterocycles. The summed E-state index contributed by atoms with van der Waals surface area (Å²) in [5.74, 6) is 0. The summed E-state index contributed by atoms with van der Waals surface area (Å²) in [5.41, 5.74) is 3.73. The normalized spacial score (nSPS) is 13.1. The smallest absolute Gasteiger partial charge is 0.119 e. The molecule has 0 saturated heterocycles. The highest BCUT2D eigenvalue weighted by atomic mass is 28.4. The summed E-state index contributed by atoms with van der Waals surface area (Å²) in [6.07, 6.45) is 5.34. The minimum absolute atomic E-state index is 1.17. The van der Waals surface area contributed by atoms with Crippen LogP contribution in [0.1, 0.15) is 39.5 Å². The molecule has 0 amide bonds. The van der Waals surface area contributed by atoms with Gasteiger partial charge in [-0.3, -0.25) is 0 Å². The van der Waals surface area contributed by atoms with Gasteiger partial charge in [0, 0.05) is 0 Å². The van der Waals surface area contributed by atoms with E-state index in [1.807, 2.05) is 0 Å². The minimum atomic E-state index is -1.24. The molecule has 0 saturated carbocycles. The molecular weight excluding hydrogens is 250 g/mol. The van der Waals surface area contributed by atoms with Crippen LogP contribution in [0.2, 0.25) is 31.9 Å². The molecule has 0 aromatic carbocycles. The second-order valence-corrected chi connectivity index (χ2v) is 16.9. The van der Waals surface area contributed by atoms with E-state index in [4.69, 9.17) is 0 Å². The summed E-state index contributed by atoms with van der Waals surface area (Å²) in [6.45, 7) is 21.4. The quantitative estimate of drug-likeness (QED) is 0.507. The average molecular weight is 286 g/mol. The summed E-state index contributed by atoms with van der Waals surface area (Å²) < 4.78 is 2.86. The number of unbranched alkanes of at least 4 members (excludes halogenated alkanes) is 2. The highest BCUT2D eigenvalue weighted by molar-refractivity contribution is 6.96. The van der Waals surface area contributed by atoms with E-state index in [1.54, 1.807) is 0 Å². The van der Waals surface area contributed by atoms with Crippen LogP contribution in [0, 0.1) is 0 Å². The second kappa shape index (κ2) is 8.33. The zero-order valence-corrected chi connectivity index (χ0v) is 15.7.